The minimum Gasteiger partial charge on any atom is -0.493 e. The van der Waals surface area contributed by atoms with Crippen LogP contribution in [0.5, 0.6) is 11.5 Å². The Labute approximate surface area is 183 Å². The second-order valence-electron chi connectivity index (χ2n) is 7.40. The summed E-state index contributed by atoms with van der Waals surface area (Å²) in [5, 5.41) is 4.18. The van der Waals surface area contributed by atoms with Gasteiger partial charge in [0.15, 0.2) is 23.1 Å². The summed E-state index contributed by atoms with van der Waals surface area (Å²) < 4.78 is 37.0. The van der Waals surface area contributed by atoms with Crippen LogP contribution >= 0.6 is 0 Å². The first-order valence-corrected chi connectivity index (χ1v) is 9.89. The Morgan fingerprint density at radius 2 is 1.88 bits per heavy atom. The van der Waals surface area contributed by atoms with Gasteiger partial charge in [0.05, 0.1) is 20.3 Å². The van der Waals surface area contributed by atoms with Gasteiger partial charge in [-0.2, -0.15) is 0 Å². The number of anilines is 1. The molecule has 2 atom stereocenters. The first kappa shape index (κ1) is 21.6. The van der Waals surface area contributed by atoms with E-state index in [1.807, 2.05) is 12.1 Å². The van der Waals surface area contributed by atoms with Gasteiger partial charge in [-0.3, -0.25) is 9.59 Å². The number of carbonyl (C=O) groups excluding carboxylic acids is 2. The number of carbonyl (C=O) groups is 2. The molecule has 4 rings (SSSR count). The van der Waals surface area contributed by atoms with Crippen LogP contribution in [0.3, 0.4) is 0 Å². The number of hydrogen-bond acceptors (Lipinski definition) is 6. The van der Waals surface area contributed by atoms with Gasteiger partial charge in [0.2, 0.25) is 5.91 Å². The molecule has 168 valence electrons. The summed E-state index contributed by atoms with van der Waals surface area (Å²) >= 11 is 0. The highest BCUT2D eigenvalue weighted by Crippen LogP contribution is 2.35. The van der Waals surface area contributed by atoms with Crippen molar-refractivity contribution in [1.29, 1.82) is 0 Å². The van der Waals surface area contributed by atoms with Gasteiger partial charge in [-0.1, -0.05) is 6.07 Å². The molecule has 0 spiro atoms. The molecule has 2 amide bonds. The SMILES string of the molecule is COc1ccc(C2CC3C(=O)N(CC(=O)Nc4ccc(F)c(F)c4)C=CN3N2)cc1OC. The number of nitrogens with zero attached hydrogens (tertiary/aromatic N) is 2. The average Bonchev–Trinajstić information content (AvgIpc) is 3.23. The standard InChI is InChI=1S/C22H22F2N4O4/c1-31-19-6-3-13(9-20(19)32-2)17-11-18-22(30)27(7-8-28(18)26-17)12-21(29)25-14-4-5-15(23)16(24)10-14/h3-10,17-18,26H,11-12H2,1-2H3,(H,25,29). The maximum atomic E-state index is 13.3. The number of methoxy groups -OCH3 is 2. The molecule has 2 N–H and O–H groups in total. The molecule has 0 saturated carbocycles. The molecule has 8 nitrogen and oxygen atoms in total. The van der Waals surface area contributed by atoms with Crippen LogP contribution in [0.25, 0.3) is 0 Å². The molecule has 1 fully saturated rings. The molecule has 1 saturated heterocycles. The number of hydrazine groups is 1. The Morgan fingerprint density at radius 1 is 1.09 bits per heavy atom. The molecule has 0 aromatic heterocycles. The molecule has 0 bridgehead atoms. The summed E-state index contributed by atoms with van der Waals surface area (Å²) in [7, 11) is 3.12. The van der Waals surface area contributed by atoms with E-state index in [-0.39, 0.29) is 24.2 Å². The van der Waals surface area contributed by atoms with E-state index in [0.29, 0.717) is 17.9 Å². The zero-order chi connectivity index (χ0) is 22.8. The van der Waals surface area contributed by atoms with Gasteiger partial charge >= 0.3 is 0 Å². The van der Waals surface area contributed by atoms with Gasteiger partial charge in [-0.05, 0) is 36.2 Å². The zero-order valence-electron chi connectivity index (χ0n) is 17.5. The minimum absolute atomic E-state index is 0.111. The van der Waals surface area contributed by atoms with Crippen molar-refractivity contribution in [2.75, 3.05) is 26.1 Å². The highest BCUT2D eigenvalue weighted by molar-refractivity contribution is 5.96. The number of amides is 2. The van der Waals surface area contributed by atoms with Gasteiger partial charge in [0.1, 0.15) is 12.6 Å². The second kappa shape index (κ2) is 8.83. The van der Waals surface area contributed by atoms with E-state index in [0.717, 1.165) is 17.7 Å². The molecular formula is C22H22F2N4O4. The maximum absolute atomic E-state index is 13.3. The van der Waals surface area contributed by atoms with Crippen molar-refractivity contribution in [3.05, 3.63) is 66.0 Å². The van der Waals surface area contributed by atoms with Gasteiger partial charge in [0.25, 0.3) is 5.91 Å². The molecule has 2 aliphatic rings. The number of halogens is 2. The van der Waals surface area contributed by atoms with Gasteiger partial charge in [-0.25, -0.2) is 14.2 Å². The molecule has 2 aliphatic heterocycles. The zero-order valence-corrected chi connectivity index (χ0v) is 17.5. The smallest absolute Gasteiger partial charge is 0.251 e. The summed E-state index contributed by atoms with van der Waals surface area (Å²) in [5.74, 6) is -1.64. The molecule has 32 heavy (non-hydrogen) atoms. The lowest BCUT2D eigenvalue weighted by atomic mass is 10.0. The van der Waals surface area contributed by atoms with Gasteiger partial charge in [0, 0.05) is 24.2 Å². The van der Waals surface area contributed by atoms with E-state index in [1.54, 1.807) is 31.5 Å². The van der Waals surface area contributed by atoms with Crippen molar-refractivity contribution >= 4 is 17.5 Å². The van der Waals surface area contributed by atoms with Crippen LogP contribution in [0.15, 0.2) is 48.8 Å². The molecule has 2 aromatic rings. The summed E-state index contributed by atoms with van der Waals surface area (Å²) in [6.07, 6.45) is 3.69. The van der Waals surface area contributed by atoms with E-state index in [1.165, 1.54) is 17.2 Å². The third kappa shape index (κ3) is 4.22. The van der Waals surface area contributed by atoms with Crippen molar-refractivity contribution in [2.45, 2.75) is 18.5 Å². The Kier molecular flexibility index (Phi) is 5.95. The Bertz CT molecular complexity index is 1080. The van der Waals surface area contributed by atoms with E-state index < -0.39 is 23.6 Å². The van der Waals surface area contributed by atoms with E-state index >= 15 is 0 Å². The number of benzene rings is 2. The normalized spacial score (nSPS) is 19.7. The predicted molar refractivity (Wildman–Crippen MR) is 112 cm³/mol. The Balaban J connectivity index is 1.41. The predicted octanol–water partition coefficient (Wildman–Crippen LogP) is 2.55. The van der Waals surface area contributed by atoms with Crippen LogP contribution < -0.4 is 20.2 Å². The first-order chi connectivity index (χ1) is 15.4. The molecular weight excluding hydrogens is 422 g/mol. The molecule has 2 aromatic carbocycles. The maximum Gasteiger partial charge on any atom is 0.251 e. The summed E-state index contributed by atoms with van der Waals surface area (Å²) in [6, 6.07) is 8.00. The van der Waals surface area contributed by atoms with Crippen molar-refractivity contribution in [3.8, 4) is 11.5 Å². The Hall–Kier alpha value is -3.66. The Morgan fingerprint density at radius 3 is 2.59 bits per heavy atom. The van der Waals surface area contributed by atoms with Crippen LogP contribution in [0.1, 0.15) is 18.0 Å². The molecule has 2 heterocycles. The summed E-state index contributed by atoms with van der Waals surface area (Å²) in [5.41, 5.74) is 4.32. The lowest BCUT2D eigenvalue weighted by Gasteiger charge is -2.31. The van der Waals surface area contributed by atoms with Gasteiger partial charge < -0.3 is 24.7 Å². The summed E-state index contributed by atoms with van der Waals surface area (Å²) in [6.45, 7) is -0.250. The lowest BCUT2D eigenvalue weighted by Crippen LogP contribution is -2.49. The fourth-order valence-electron chi connectivity index (χ4n) is 3.78. The third-order valence-electron chi connectivity index (χ3n) is 5.40. The molecule has 0 radical (unpaired) electrons. The highest BCUT2D eigenvalue weighted by atomic mass is 19.2. The topological polar surface area (TPSA) is 83.1 Å². The van der Waals surface area contributed by atoms with Crippen LogP contribution in [-0.2, 0) is 9.59 Å². The van der Waals surface area contributed by atoms with Crippen molar-refractivity contribution in [2.24, 2.45) is 0 Å². The molecule has 2 unspecified atom stereocenters. The number of nitrogens with one attached hydrogen (secondary N) is 2. The lowest BCUT2D eigenvalue weighted by molar-refractivity contribution is -0.137. The van der Waals surface area contributed by atoms with Crippen LogP contribution in [0, 0.1) is 11.6 Å². The monoisotopic (exact) mass is 444 g/mol. The fraction of sp³-hybridized carbons (Fsp3) is 0.273. The van der Waals surface area contributed by atoms with Crippen molar-refractivity contribution in [1.82, 2.24) is 15.3 Å². The highest BCUT2D eigenvalue weighted by Gasteiger charge is 2.40. The van der Waals surface area contributed by atoms with E-state index in [2.05, 4.69) is 10.7 Å². The molecule has 10 heteroatoms. The van der Waals surface area contributed by atoms with Crippen molar-refractivity contribution < 1.29 is 27.8 Å². The van der Waals surface area contributed by atoms with Crippen LogP contribution in [0.4, 0.5) is 14.5 Å². The number of hydrogen-bond donors (Lipinski definition) is 2. The molecule has 0 aliphatic carbocycles. The van der Waals surface area contributed by atoms with Crippen LogP contribution in [-0.4, -0.2) is 48.5 Å². The largest absolute Gasteiger partial charge is 0.493 e. The minimum atomic E-state index is -1.06. The average molecular weight is 444 g/mol. The van der Waals surface area contributed by atoms with E-state index in [4.69, 9.17) is 9.47 Å². The fourth-order valence-corrected chi connectivity index (χ4v) is 3.78. The third-order valence-corrected chi connectivity index (χ3v) is 5.40. The number of ether oxygens (including phenoxy) is 2. The summed E-state index contributed by atoms with van der Waals surface area (Å²) in [4.78, 5) is 26.6. The van der Waals surface area contributed by atoms with E-state index in [9.17, 15) is 18.4 Å². The quantitative estimate of drug-likeness (QED) is 0.713. The van der Waals surface area contributed by atoms with Gasteiger partial charge in [-0.15, -0.1) is 0 Å². The second-order valence-corrected chi connectivity index (χ2v) is 7.40. The van der Waals surface area contributed by atoms with Crippen molar-refractivity contribution in [3.63, 3.8) is 0 Å². The first-order valence-electron chi connectivity index (χ1n) is 9.89. The number of fused-ring (bicyclic) bond motifs is 1. The number of rotatable bonds is 6. The van der Waals surface area contributed by atoms with Crippen LogP contribution in [0.2, 0.25) is 0 Å².